The predicted molar refractivity (Wildman–Crippen MR) is 139 cm³/mol. The van der Waals surface area contributed by atoms with Gasteiger partial charge in [0.05, 0.1) is 4.90 Å². The first-order chi connectivity index (χ1) is 17.5. The number of amides is 1. The van der Waals surface area contributed by atoms with Crippen molar-refractivity contribution in [2.75, 3.05) is 26.2 Å². The van der Waals surface area contributed by atoms with Crippen LogP contribution in [0.2, 0.25) is 0 Å². The maximum Gasteiger partial charge on any atom is 0.268 e. The molecule has 1 aliphatic rings. The van der Waals surface area contributed by atoms with Crippen molar-refractivity contribution in [1.29, 1.82) is 0 Å². The SMILES string of the molecule is Cc1nsc(-c2cc(Sc3nncn3C)nc(C(N)=O)c2Sc2ccc(OCCN3CCC3)cc2)n1. The van der Waals surface area contributed by atoms with Gasteiger partial charge in [-0.1, -0.05) is 11.8 Å². The summed E-state index contributed by atoms with van der Waals surface area (Å²) in [6, 6.07) is 9.69. The van der Waals surface area contributed by atoms with Crippen LogP contribution in [-0.2, 0) is 7.05 Å². The fraction of sp³-hybridized carbons (Fsp3) is 0.304. The number of carbonyl (C=O) groups is 1. The molecule has 0 atom stereocenters. The van der Waals surface area contributed by atoms with Gasteiger partial charge < -0.3 is 15.0 Å². The third-order valence-corrected chi connectivity index (χ3v) is 8.41. The molecule has 0 spiro atoms. The van der Waals surface area contributed by atoms with E-state index in [9.17, 15) is 4.79 Å². The van der Waals surface area contributed by atoms with Crippen molar-refractivity contribution in [1.82, 2.24) is 34.0 Å². The molecule has 1 aliphatic heterocycles. The van der Waals surface area contributed by atoms with Crippen molar-refractivity contribution in [2.45, 2.75) is 33.3 Å². The van der Waals surface area contributed by atoms with Crippen LogP contribution in [0.25, 0.3) is 10.6 Å². The lowest BCUT2D eigenvalue weighted by molar-refractivity contribution is 0.0992. The fourth-order valence-electron chi connectivity index (χ4n) is 3.48. The molecule has 0 radical (unpaired) electrons. The van der Waals surface area contributed by atoms with Crippen molar-refractivity contribution in [3.63, 3.8) is 0 Å². The second kappa shape index (κ2) is 10.9. The number of aryl methyl sites for hydroxylation is 2. The summed E-state index contributed by atoms with van der Waals surface area (Å²) in [5, 5.41) is 9.91. The first-order valence-corrected chi connectivity index (χ1v) is 13.7. The first-order valence-electron chi connectivity index (χ1n) is 11.3. The maximum absolute atomic E-state index is 12.5. The van der Waals surface area contributed by atoms with E-state index in [1.807, 2.05) is 44.3 Å². The fourth-order valence-corrected chi connectivity index (χ4v) is 6.03. The van der Waals surface area contributed by atoms with Crippen LogP contribution >= 0.6 is 35.1 Å². The zero-order chi connectivity index (χ0) is 25.1. The lowest BCUT2D eigenvalue weighted by Gasteiger charge is -2.30. The van der Waals surface area contributed by atoms with Crippen LogP contribution in [0.1, 0.15) is 22.7 Å². The third kappa shape index (κ3) is 5.69. The van der Waals surface area contributed by atoms with Gasteiger partial charge in [0, 0.05) is 24.1 Å². The second-order valence-electron chi connectivity index (χ2n) is 8.14. The molecule has 13 heteroatoms. The summed E-state index contributed by atoms with van der Waals surface area (Å²) < 4.78 is 12.0. The van der Waals surface area contributed by atoms with Crippen LogP contribution in [0.5, 0.6) is 5.75 Å². The van der Waals surface area contributed by atoms with Gasteiger partial charge in [0.25, 0.3) is 5.91 Å². The monoisotopic (exact) mass is 540 g/mol. The lowest BCUT2D eigenvalue weighted by atomic mass is 10.2. The molecule has 1 amide bonds. The number of hydrogen-bond acceptors (Lipinski definition) is 11. The molecule has 10 nitrogen and oxygen atoms in total. The Bertz CT molecular complexity index is 1370. The minimum absolute atomic E-state index is 0.171. The van der Waals surface area contributed by atoms with E-state index in [0.29, 0.717) is 32.5 Å². The number of nitrogens with zero attached hydrogens (tertiary/aromatic N) is 7. The van der Waals surface area contributed by atoms with E-state index < -0.39 is 5.91 Å². The Kier molecular flexibility index (Phi) is 7.51. The summed E-state index contributed by atoms with van der Waals surface area (Å²) in [4.78, 5) is 25.6. The molecule has 5 rings (SSSR count). The molecule has 36 heavy (non-hydrogen) atoms. The van der Waals surface area contributed by atoms with Gasteiger partial charge >= 0.3 is 0 Å². The van der Waals surface area contributed by atoms with E-state index in [0.717, 1.165) is 35.8 Å². The quantitative estimate of drug-likeness (QED) is 0.319. The maximum atomic E-state index is 12.5. The number of likely N-dealkylation sites (tertiary alicyclic amines) is 1. The average Bonchev–Trinajstić information content (AvgIpc) is 3.45. The van der Waals surface area contributed by atoms with Crippen molar-refractivity contribution in [3.05, 3.63) is 48.2 Å². The smallest absolute Gasteiger partial charge is 0.268 e. The largest absolute Gasteiger partial charge is 0.492 e. The van der Waals surface area contributed by atoms with Crippen LogP contribution in [0.15, 0.2) is 56.6 Å². The lowest BCUT2D eigenvalue weighted by Crippen LogP contribution is -2.39. The van der Waals surface area contributed by atoms with Crippen LogP contribution < -0.4 is 10.5 Å². The van der Waals surface area contributed by atoms with Gasteiger partial charge in [-0.05, 0) is 80.1 Å². The number of hydrogen-bond donors (Lipinski definition) is 1. The van der Waals surface area contributed by atoms with E-state index in [1.165, 1.54) is 41.5 Å². The Morgan fingerprint density at radius 1 is 1.19 bits per heavy atom. The molecule has 1 fully saturated rings. The van der Waals surface area contributed by atoms with Gasteiger partial charge in [-0.2, -0.15) is 4.37 Å². The van der Waals surface area contributed by atoms with Crippen LogP contribution in [0, 0.1) is 6.92 Å². The Balaban J connectivity index is 1.44. The molecular formula is C23H24N8O2S3. The molecule has 0 saturated carbocycles. The highest BCUT2D eigenvalue weighted by atomic mass is 32.2. The van der Waals surface area contributed by atoms with Crippen molar-refractivity contribution in [3.8, 4) is 16.3 Å². The van der Waals surface area contributed by atoms with E-state index >= 15 is 0 Å². The highest BCUT2D eigenvalue weighted by Crippen LogP contribution is 2.41. The molecular weight excluding hydrogens is 517 g/mol. The number of rotatable bonds is 10. The second-order valence-corrected chi connectivity index (χ2v) is 11.0. The van der Waals surface area contributed by atoms with Gasteiger partial charge in [0.15, 0.2) is 5.16 Å². The van der Waals surface area contributed by atoms with Gasteiger partial charge in [0.2, 0.25) is 0 Å². The van der Waals surface area contributed by atoms with Crippen LogP contribution in [-0.4, -0.2) is 66.2 Å². The topological polar surface area (TPSA) is 125 Å². The number of nitrogens with two attached hydrogens (primary N) is 1. The molecule has 0 unspecified atom stereocenters. The van der Waals surface area contributed by atoms with Crippen molar-refractivity contribution >= 4 is 41.0 Å². The van der Waals surface area contributed by atoms with Gasteiger partial charge in [-0.3, -0.25) is 9.69 Å². The number of ether oxygens (including phenoxy) is 1. The predicted octanol–water partition coefficient (Wildman–Crippen LogP) is 3.52. The molecule has 3 aromatic heterocycles. The molecule has 2 N–H and O–H groups in total. The van der Waals surface area contributed by atoms with Gasteiger partial charge in [0.1, 0.15) is 40.2 Å². The van der Waals surface area contributed by atoms with Crippen molar-refractivity contribution in [2.24, 2.45) is 12.8 Å². The summed E-state index contributed by atoms with van der Waals surface area (Å²) in [6.45, 7) is 5.74. The zero-order valence-corrected chi connectivity index (χ0v) is 22.2. The minimum Gasteiger partial charge on any atom is -0.492 e. The Morgan fingerprint density at radius 3 is 2.61 bits per heavy atom. The summed E-state index contributed by atoms with van der Waals surface area (Å²) in [5.41, 5.74) is 6.71. The summed E-state index contributed by atoms with van der Waals surface area (Å²) in [6.07, 6.45) is 2.88. The molecule has 1 saturated heterocycles. The third-order valence-electron chi connectivity index (χ3n) is 5.48. The number of benzene rings is 1. The molecule has 4 aromatic rings. The Hall–Kier alpha value is -3.00. The minimum atomic E-state index is -0.619. The van der Waals surface area contributed by atoms with Crippen molar-refractivity contribution < 1.29 is 9.53 Å². The standard InChI is InChI=1S/C23H24N8O2S3/c1-14-26-22(36-29-14)17-12-18(35-23-28-25-13-30(23)2)27-19(21(24)32)20(17)34-16-6-4-15(5-7-16)33-11-10-31-8-3-9-31/h4-7,12-13H,3,8-11H2,1-2H3,(H2,24,32). The van der Waals surface area contributed by atoms with Crippen LogP contribution in [0.3, 0.4) is 0 Å². The Morgan fingerprint density at radius 2 is 2.00 bits per heavy atom. The average molecular weight is 541 g/mol. The number of primary amides is 1. The highest BCUT2D eigenvalue weighted by molar-refractivity contribution is 7.99. The van der Waals surface area contributed by atoms with E-state index in [1.54, 1.807) is 10.9 Å². The molecule has 0 aliphatic carbocycles. The summed E-state index contributed by atoms with van der Waals surface area (Å²) in [5.74, 6) is 0.848. The van der Waals surface area contributed by atoms with E-state index in [-0.39, 0.29) is 5.69 Å². The number of carbonyl (C=O) groups excluding carboxylic acids is 1. The number of aromatic nitrogens is 6. The normalized spacial score (nSPS) is 13.5. The molecule has 0 bridgehead atoms. The zero-order valence-electron chi connectivity index (χ0n) is 19.7. The summed E-state index contributed by atoms with van der Waals surface area (Å²) >= 11 is 3.98. The van der Waals surface area contributed by atoms with E-state index in [2.05, 4.69) is 29.4 Å². The summed E-state index contributed by atoms with van der Waals surface area (Å²) in [7, 11) is 1.84. The number of pyridine rings is 1. The highest BCUT2D eigenvalue weighted by Gasteiger charge is 2.22. The Labute approximate surface area is 220 Å². The molecule has 1 aromatic carbocycles. The van der Waals surface area contributed by atoms with Crippen LogP contribution in [0.4, 0.5) is 0 Å². The van der Waals surface area contributed by atoms with Gasteiger partial charge in [-0.15, -0.1) is 10.2 Å². The van der Waals surface area contributed by atoms with E-state index in [4.69, 9.17) is 10.5 Å². The van der Waals surface area contributed by atoms with Gasteiger partial charge in [-0.25, -0.2) is 9.97 Å². The molecule has 4 heterocycles. The molecule has 186 valence electrons. The first kappa shape index (κ1) is 24.7.